The third-order valence-corrected chi connectivity index (χ3v) is 3.84. The standard InChI is InChI=1S/C18H21NO/c20-18(11-12-18)15-19(13-16-7-3-1-4-8-16)14-17-9-5-2-6-10-17/h1-10,20H,11-15H2. The van der Waals surface area contributed by atoms with Gasteiger partial charge >= 0.3 is 0 Å². The summed E-state index contributed by atoms with van der Waals surface area (Å²) in [6, 6.07) is 21.0. The molecule has 104 valence electrons. The van der Waals surface area contributed by atoms with Crippen LogP contribution in [0.1, 0.15) is 24.0 Å². The first-order valence-corrected chi connectivity index (χ1v) is 7.26. The maximum Gasteiger partial charge on any atom is 0.0776 e. The molecular weight excluding hydrogens is 246 g/mol. The molecule has 0 unspecified atom stereocenters. The minimum atomic E-state index is -0.441. The van der Waals surface area contributed by atoms with Crippen LogP contribution in [0.2, 0.25) is 0 Å². The van der Waals surface area contributed by atoms with Gasteiger partial charge in [0.1, 0.15) is 0 Å². The van der Waals surface area contributed by atoms with Crippen molar-refractivity contribution in [2.75, 3.05) is 6.54 Å². The Balaban J connectivity index is 1.70. The summed E-state index contributed by atoms with van der Waals surface area (Å²) in [4.78, 5) is 2.34. The minimum absolute atomic E-state index is 0.441. The molecule has 0 bridgehead atoms. The Morgan fingerprint density at radius 1 is 0.800 bits per heavy atom. The van der Waals surface area contributed by atoms with E-state index in [4.69, 9.17) is 0 Å². The summed E-state index contributed by atoms with van der Waals surface area (Å²) in [6.07, 6.45) is 1.88. The van der Waals surface area contributed by atoms with Gasteiger partial charge in [-0.2, -0.15) is 0 Å². The smallest absolute Gasteiger partial charge is 0.0776 e. The summed E-state index contributed by atoms with van der Waals surface area (Å²) < 4.78 is 0. The fourth-order valence-electron chi connectivity index (χ4n) is 2.57. The fraction of sp³-hybridized carbons (Fsp3) is 0.333. The Morgan fingerprint density at radius 2 is 1.25 bits per heavy atom. The van der Waals surface area contributed by atoms with Crippen molar-refractivity contribution in [1.29, 1.82) is 0 Å². The normalized spacial score (nSPS) is 16.3. The Kier molecular flexibility index (Phi) is 3.86. The van der Waals surface area contributed by atoms with E-state index in [1.807, 2.05) is 12.1 Å². The van der Waals surface area contributed by atoms with Crippen molar-refractivity contribution in [1.82, 2.24) is 4.90 Å². The highest BCUT2D eigenvalue weighted by molar-refractivity contribution is 5.17. The quantitative estimate of drug-likeness (QED) is 0.868. The van der Waals surface area contributed by atoms with Crippen LogP contribution in [-0.4, -0.2) is 22.2 Å². The molecule has 0 spiro atoms. The second kappa shape index (κ2) is 5.78. The molecule has 2 nitrogen and oxygen atoms in total. The van der Waals surface area contributed by atoms with E-state index >= 15 is 0 Å². The van der Waals surface area contributed by atoms with Crippen molar-refractivity contribution in [3.05, 3.63) is 71.8 Å². The van der Waals surface area contributed by atoms with E-state index in [0.29, 0.717) is 0 Å². The molecule has 1 saturated carbocycles. The molecule has 2 aromatic rings. The van der Waals surface area contributed by atoms with Crippen molar-refractivity contribution in [2.45, 2.75) is 31.5 Å². The maximum absolute atomic E-state index is 10.2. The predicted octanol–water partition coefficient (Wildman–Crippen LogP) is 3.21. The molecule has 0 aliphatic heterocycles. The van der Waals surface area contributed by atoms with E-state index in [0.717, 1.165) is 32.5 Å². The lowest BCUT2D eigenvalue weighted by atomic mass is 10.1. The summed E-state index contributed by atoms with van der Waals surface area (Å²) in [6.45, 7) is 2.53. The third kappa shape index (κ3) is 3.69. The Hall–Kier alpha value is -1.64. The van der Waals surface area contributed by atoms with Crippen LogP contribution in [0, 0.1) is 0 Å². The molecule has 0 aromatic heterocycles. The summed E-state index contributed by atoms with van der Waals surface area (Å²) >= 11 is 0. The van der Waals surface area contributed by atoms with Crippen LogP contribution in [0.3, 0.4) is 0 Å². The highest BCUT2D eigenvalue weighted by atomic mass is 16.3. The lowest BCUT2D eigenvalue weighted by Gasteiger charge is -2.25. The van der Waals surface area contributed by atoms with Gasteiger partial charge in [-0.15, -0.1) is 0 Å². The van der Waals surface area contributed by atoms with Crippen LogP contribution < -0.4 is 0 Å². The third-order valence-electron chi connectivity index (χ3n) is 3.84. The first-order chi connectivity index (χ1) is 9.73. The van der Waals surface area contributed by atoms with E-state index in [9.17, 15) is 5.11 Å². The van der Waals surface area contributed by atoms with Crippen LogP contribution in [-0.2, 0) is 13.1 Å². The van der Waals surface area contributed by atoms with Crippen molar-refractivity contribution in [3.63, 3.8) is 0 Å². The van der Waals surface area contributed by atoms with Crippen LogP contribution in [0.5, 0.6) is 0 Å². The monoisotopic (exact) mass is 267 g/mol. The Bertz CT molecular complexity index is 492. The molecule has 1 N–H and O–H groups in total. The van der Waals surface area contributed by atoms with Crippen molar-refractivity contribution >= 4 is 0 Å². The fourth-order valence-corrected chi connectivity index (χ4v) is 2.57. The molecule has 20 heavy (non-hydrogen) atoms. The largest absolute Gasteiger partial charge is 0.389 e. The topological polar surface area (TPSA) is 23.5 Å². The zero-order valence-corrected chi connectivity index (χ0v) is 11.7. The van der Waals surface area contributed by atoms with Crippen molar-refractivity contribution in [2.24, 2.45) is 0 Å². The highest BCUT2D eigenvalue weighted by Crippen LogP contribution is 2.36. The van der Waals surface area contributed by atoms with Crippen LogP contribution in [0.25, 0.3) is 0 Å². The highest BCUT2D eigenvalue weighted by Gasteiger charge is 2.41. The van der Waals surface area contributed by atoms with E-state index in [1.54, 1.807) is 0 Å². The van der Waals surface area contributed by atoms with E-state index < -0.39 is 5.60 Å². The van der Waals surface area contributed by atoms with Gasteiger partial charge in [0.2, 0.25) is 0 Å². The van der Waals surface area contributed by atoms with Gasteiger partial charge < -0.3 is 5.11 Å². The van der Waals surface area contributed by atoms with Gasteiger partial charge in [0.15, 0.2) is 0 Å². The number of hydrogen-bond donors (Lipinski definition) is 1. The first kappa shape index (κ1) is 13.3. The Labute approximate surface area is 120 Å². The van der Waals surface area contributed by atoms with E-state index in [-0.39, 0.29) is 0 Å². The van der Waals surface area contributed by atoms with Crippen LogP contribution >= 0.6 is 0 Å². The SMILES string of the molecule is OC1(CN(Cc2ccccc2)Cc2ccccc2)CC1. The number of benzene rings is 2. The summed E-state index contributed by atoms with van der Waals surface area (Å²) in [5, 5.41) is 10.2. The predicted molar refractivity (Wildman–Crippen MR) is 81.2 cm³/mol. The molecule has 2 heteroatoms. The van der Waals surface area contributed by atoms with Crippen LogP contribution in [0.15, 0.2) is 60.7 Å². The van der Waals surface area contributed by atoms with Gasteiger partial charge in [0, 0.05) is 19.6 Å². The first-order valence-electron chi connectivity index (χ1n) is 7.26. The average molecular weight is 267 g/mol. The molecule has 1 aliphatic carbocycles. The van der Waals surface area contributed by atoms with Gasteiger partial charge in [-0.25, -0.2) is 0 Å². The zero-order chi connectivity index (χ0) is 13.8. The number of aliphatic hydroxyl groups is 1. The van der Waals surface area contributed by atoms with Crippen molar-refractivity contribution in [3.8, 4) is 0 Å². The summed E-state index contributed by atoms with van der Waals surface area (Å²) in [7, 11) is 0. The van der Waals surface area contributed by atoms with E-state index in [1.165, 1.54) is 11.1 Å². The molecule has 2 aromatic carbocycles. The Morgan fingerprint density at radius 3 is 1.65 bits per heavy atom. The van der Waals surface area contributed by atoms with Crippen molar-refractivity contribution < 1.29 is 5.11 Å². The van der Waals surface area contributed by atoms with Gasteiger partial charge in [-0.1, -0.05) is 60.7 Å². The minimum Gasteiger partial charge on any atom is -0.389 e. The number of nitrogens with zero attached hydrogens (tertiary/aromatic N) is 1. The van der Waals surface area contributed by atoms with Gasteiger partial charge in [-0.05, 0) is 24.0 Å². The molecule has 0 saturated heterocycles. The maximum atomic E-state index is 10.2. The lowest BCUT2D eigenvalue weighted by molar-refractivity contribution is 0.0844. The second-order valence-corrected chi connectivity index (χ2v) is 5.84. The molecule has 1 fully saturated rings. The van der Waals surface area contributed by atoms with Gasteiger partial charge in [0.25, 0.3) is 0 Å². The molecule has 0 amide bonds. The second-order valence-electron chi connectivity index (χ2n) is 5.84. The van der Waals surface area contributed by atoms with Gasteiger partial charge in [0.05, 0.1) is 5.60 Å². The lowest BCUT2D eigenvalue weighted by Crippen LogP contribution is -2.32. The molecule has 0 atom stereocenters. The van der Waals surface area contributed by atoms with Gasteiger partial charge in [-0.3, -0.25) is 4.90 Å². The number of rotatable bonds is 6. The summed E-state index contributed by atoms with van der Waals surface area (Å²) in [5.74, 6) is 0. The molecule has 1 aliphatic rings. The molecular formula is C18H21NO. The molecule has 0 radical (unpaired) electrons. The van der Waals surface area contributed by atoms with Crippen LogP contribution in [0.4, 0.5) is 0 Å². The molecule has 0 heterocycles. The summed E-state index contributed by atoms with van der Waals surface area (Å²) in [5.41, 5.74) is 2.16. The molecule has 3 rings (SSSR count). The number of hydrogen-bond acceptors (Lipinski definition) is 2. The average Bonchev–Trinajstić information content (AvgIpc) is 3.18. The zero-order valence-electron chi connectivity index (χ0n) is 11.7. The van der Waals surface area contributed by atoms with E-state index in [2.05, 4.69) is 53.4 Å².